The number of hydrogen-bond acceptors (Lipinski definition) is 8. The molecule has 1 aromatic heterocycles. The molecule has 0 radical (unpaired) electrons. The van der Waals surface area contributed by atoms with Crippen LogP contribution in [0, 0.1) is 0 Å². The Labute approximate surface area is 210 Å². The Balaban J connectivity index is 1.65. The van der Waals surface area contributed by atoms with E-state index in [9.17, 15) is 8.42 Å². The van der Waals surface area contributed by atoms with E-state index < -0.39 is 10.0 Å². The smallest absolute Gasteiger partial charge is 0.240 e. The number of methoxy groups -OCH3 is 1. The van der Waals surface area contributed by atoms with E-state index in [1.165, 1.54) is 19.2 Å². The zero-order valence-electron chi connectivity index (χ0n) is 20.1. The lowest BCUT2D eigenvalue weighted by Crippen LogP contribution is -2.18. The van der Waals surface area contributed by atoms with Crippen molar-refractivity contribution < 1.29 is 13.2 Å². The van der Waals surface area contributed by atoms with E-state index in [0.29, 0.717) is 23.2 Å². The summed E-state index contributed by atoms with van der Waals surface area (Å²) in [6.07, 6.45) is 1.73. The Morgan fingerprint density at radius 2 is 1.64 bits per heavy atom. The molecule has 36 heavy (non-hydrogen) atoms. The van der Waals surface area contributed by atoms with Gasteiger partial charge in [-0.05, 0) is 49.4 Å². The summed E-state index contributed by atoms with van der Waals surface area (Å²) < 4.78 is 31.7. The standard InChI is InChI=1S/C26H26N6O3S/c1-18(19-13-15-21(16-14-19)36(33,34)27-2)31-32-25-22(20-9-5-4-6-10-20)17-28-26(30-25)29-23-11-7-8-12-24(23)35-3/h4-17,27H,1-3H3,(H2,28,29,30,32). The lowest BCUT2D eigenvalue weighted by atomic mass is 10.1. The molecule has 0 amide bonds. The summed E-state index contributed by atoms with van der Waals surface area (Å²) in [5, 5.41) is 7.69. The van der Waals surface area contributed by atoms with E-state index in [1.807, 2.05) is 61.5 Å². The molecular weight excluding hydrogens is 476 g/mol. The Bertz CT molecular complexity index is 1470. The van der Waals surface area contributed by atoms with E-state index in [-0.39, 0.29) is 4.90 Å². The lowest BCUT2D eigenvalue weighted by molar-refractivity contribution is 0.417. The molecule has 9 nitrogen and oxygen atoms in total. The molecule has 3 aromatic carbocycles. The van der Waals surface area contributed by atoms with Crippen molar-refractivity contribution in [2.75, 3.05) is 24.9 Å². The molecule has 0 spiro atoms. The van der Waals surface area contributed by atoms with Gasteiger partial charge in [0.15, 0.2) is 5.82 Å². The first-order chi connectivity index (χ1) is 17.4. The van der Waals surface area contributed by atoms with Gasteiger partial charge in [-0.15, -0.1) is 0 Å². The molecule has 0 bridgehead atoms. The van der Waals surface area contributed by atoms with Gasteiger partial charge in [0, 0.05) is 11.8 Å². The van der Waals surface area contributed by atoms with Crippen molar-refractivity contribution in [3.8, 4) is 16.9 Å². The average Bonchev–Trinajstić information content (AvgIpc) is 2.92. The monoisotopic (exact) mass is 502 g/mol. The second kappa shape index (κ2) is 11.0. The molecule has 0 aliphatic carbocycles. The zero-order valence-corrected chi connectivity index (χ0v) is 20.9. The summed E-state index contributed by atoms with van der Waals surface area (Å²) in [5.41, 5.74) is 6.90. The van der Waals surface area contributed by atoms with Gasteiger partial charge in [0.2, 0.25) is 16.0 Å². The highest BCUT2D eigenvalue weighted by Gasteiger charge is 2.13. The molecule has 3 N–H and O–H groups in total. The van der Waals surface area contributed by atoms with Crippen LogP contribution in [0.25, 0.3) is 11.1 Å². The van der Waals surface area contributed by atoms with Crippen LogP contribution in [-0.4, -0.2) is 38.3 Å². The van der Waals surface area contributed by atoms with Crippen LogP contribution in [0.1, 0.15) is 12.5 Å². The van der Waals surface area contributed by atoms with Crippen LogP contribution in [0.15, 0.2) is 95.1 Å². The first kappa shape index (κ1) is 24.8. The summed E-state index contributed by atoms with van der Waals surface area (Å²) in [5.74, 6) is 1.54. The van der Waals surface area contributed by atoms with Crippen molar-refractivity contribution >= 4 is 33.2 Å². The molecule has 0 atom stereocenters. The van der Waals surface area contributed by atoms with Gasteiger partial charge < -0.3 is 10.1 Å². The molecule has 0 fully saturated rings. The van der Waals surface area contributed by atoms with E-state index in [4.69, 9.17) is 4.74 Å². The number of benzene rings is 3. The summed E-state index contributed by atoms with van der Waals surface area (Å²) in [7, 11) is -0.526. The maximum absolute atomic E-state index is 12.0. The third kappa shape index (κ3) is 5.68. The van der Waals surface area contributed by atoms with Crippen LogP contribution < -0.4 is 20.2 Å². The van der Waals surface area contributed by atoms with E-state index in [2.05, 4.69) is 30.5 Å². The van der Waals surface area contributed by atoms with Crippen molar-refractivity contribution in [3.05, 3.63) is 90.6 Å². The topological polar surface area (TPSA) is 118 Å². The second-order valence-electron chi connectivity index (χ2n) is 7.69. The zero-order chi connectivity index (χ0) is 25.5. The molecule has 0 saturated carbocycles. The van der Waals surface area contributed by atoms with Gasteiger partial charge in [-0.3, -0.25) is 5.43 Å². The van der Waals surface area contributed by atoms with E-state index in [0.717, 1.165) is 22.4 Å². The Morgan fingerprint density at radius 3 is 2.33 bits per heavy atom. The van der Waals surface area contributed by atoms with Gasteiger partial charge in [0.25, 0.3) is 0 Å². The van der Waals surface area contributed by atoms with Crippen LogP contribution in [-0.2, 0) is 10.0 Å². The predicted molar refractivity (Wildman–Crippen MR) is 142 cm³/mol. The number of anilines is 3. The summed E-state index contributed by atoms with van der Waals surface area (Å²) in [6.45, 7) is 1.83. The number of rotatable bonds is 9. The predicted octanol–water partition coefficient (Wildman–Crippen LogP) is 4.64. The second-order valence-corrected chi connectivity index (χ2v) is 9.57. The van der Waals surface area contributed by atoms with Crippen LogP contribution >= 0.6 is 0 Å². The largest absolute Gasteiger partial charge is 0.495 e. The SMILES string of the molecule is CNS(=O)(=O)c1ccc(C(C)=NNc2nc(Nc3ccccc3OC)ncc2-c2ccccc2)cc1. The van der Waals surface area contributed by atoms with Crippen LogP contribution in [0.3, 0.4) is 0 Å². The van der Waals surface area contributed by atoms with Gasteiger partial charge in [-0.1, -0.05) is 54.6 Å². The first-order valence-corrected chi connectivity index (χ1v) is 12.6. The van der Waals surface area contributed by atoms with Crippen molar-refractivity contribution in [3.63, 3.8) is 0 Å². The van der Waals surface area contributed by atoms with Crippen molar-refractivity contribution in [2.45, 2.75) is 11.8 Å². The molecule has 1 heterocycles. The number of nitrogens with zero attached hydrogens (tertiary/aromatic N) is 3. The minimum absolute atomic E-state index is 0.184. The molecule has 0 unspecified atom stereocenters. The number of ether oxygens (including phenoxy) is 1. The normalized spacial score (nSPS) is 11.7. The van der Waals surface area contributed by atoms with Gasteiger partial charge in [-0.25, -0.2) is 18.1 Å². The van der Waals surface area contributed by atoms with E-state index >= 15 is 0 Å². The summed E-state index contributed by atoms with van der Waals surface area (Å²) in [6, 6.07) is 23.7. The van der Waals surface area contributed by atoms with Crippen LogP contribution in [0.2, 0.25) is 0 Å². The van der Waals surface area contributed by atoms with Gasteiger partial charge in [0.1, 0.15) is 5.75 Å². The third-order valence-corrected chi connectivity index (χ3v) is 6.84. The highest BCUT2D eigenvalue weighted by molar-refractivity contribution is 7.89. The Hall–Kier alpha value is -4.28. The summed E-state index contributed by atoms with van der Waals surface area (Å²) >= 11 is 0. The molecule has 4 aromatic rings. The fourth-order valence-corrected chi connectivity index (χ4v) is 4.15. The van der Waals surface area contributed by atoms with Crippen molar-refractivity contribution in [1.29, 1.82) is 0 Å². The summed E-state index contributed by atoms with van der Waals surface area (Å²) in [4.78, 5) is 9.33. The minimum atomic E-state index is -3.51. The number of sulfonamides is 1. The lowest BCUT2D eigenvalue weighted by Gasteiger charge is -2.13. The maximum Gasteiger partial charge on any atom is 0.240 e. The van der Waals surface area contributed by atoms with Gasteiger partial charge in [0.05, 0.1) is 23.4 Å². The van der Waals surface area contributed by atoms with Crippen LogP contribution in [0.5, 0.6) is 5.75 Å². The van der Waals surface area contributed by atoms with Gasteiger partial charge in [-0.2, -0.15) is 10.1 Å². The van der Waals surface area contributed by atoms with Gasteiger partial charge >= 0.3 is 0 Å². The molecule has 0 aliphatic rings. The quantitative estimate of drug-likeness (QED) is 0.225. The molecule has 4 rings (SSSR count). The van der Waals surface area contributed by atoms with Crippen LogP contribution in [0.4, 0.5) is 17.5 Å². The number of nitrogens with one attached hydrogen (secondary N) is 3. The fourth-order valence-electron chi connectivity index (χ4n) is 3.42. The highest BCUT2D eigenvalue weighted by Crippen LogP contribution is 2.30. The first-order valence-electron chi connectivity index (χ1n) is 11.1. The number of aromatic nitrogens is 2. The number of para-hydroxylation sites is 2. The molecular formula is C26H26N6O3S. The minimum Gasteiger partial charge on any atom is -0.495 e. The Kier molecular flexibility index (Phi) is 7.57. The number of hydrogen-bond donors (Lipinski definition) is 3. The average molecular weight is 503 g/mol. The fraction of sp³-hybridized carbons (Fsp3) is 0.115. The number of hydrazone groups is 1. The maximum atomic E-state index is 12.0. The molecule has 10 heteroatoms. The van der Waals surface area contributed by atoms with Crippen molar-refractivity contribution in [1.82, 2.24) is 14.7 Å². The highest BCUT2D eigenvalue weighted by atomic mass is 32.2. The molecule has 0 saturated heterocycles. The molecule has 0 aliphatic heterocycles. The molecule has 184 valence electrons. The van der Waals surface area contributed by atoms with Crippen molar-refractivity contribution in [2.24, 2.45) is 5.10 Å². The third-order valence-electron chi connectivity index (χ3n) is 5.41. The Morgan fingerprint density at radius 1 is 0.944 bits per heavy atom. The van der Waals surface area contributed by atoms with E-state index in [1.54, 1.807) is 25.4 Å².